The van der Waals surface area contributed by atoms with Gasteiger partial charge in [-0.15, -0.1) is 0 Å². The standard InChI is InChI=1S/C13H20N2O3S/c1-16-8-10(18-3)7-15-12-6-9(17-2)4-5-11(12)13(14)19/h4-6,10,15H,7-8H2,1-3H3,(H2,14,19). The first-order valence-corrected chi connectivity index (χ1v) is 6.26. The van der Waals surface area contributed by atoms with Gasteiger partial charge in [0.1, 0.15) is 10.7 Å². The van der Waals surface area contributed by atoms with Crippen molar-refractivity contribution in [3.63, 3.8) is 0 Å². The quantitative estimate of drug-likeness (QED) is 0.704. The average molecular weight is 284 g/mol. The fourth-order valence-electron chi connectivity index (χ4n) is 1.63. The first kappa shape index (κ1) is 15.7. The van der Waals surface area contributed by atoms with Crippen molar-refractivity contribution in [2.45, 2.75) is 6.10 Å². The molecule has 0 heterocycles. The molecule has 1 atom stereocenters. The number of hydrogen-bond donors (Lipinski definition) is 2. The molecule has 0 aliphatic carbocycles. The molecule has 1 aromatic rings. The number of anilines is 1. The number of benzene rings is 1. The average Bonchev–Trinajstić information content (AvgIpc) is 2.42. The topological polar surface area (TPSA) is 65.7 Å². The van der Waals surface area contributed by atoms with Gasteiger partial charge in [0.2, 0.25) is 0 Å². The maximum Gasteiger partial charge on any atom is 0.120 e. The molecule has 0 fully saturated rings. The molecule has 0 aliphatic rings. The predicted molar refractivity (Wildman–Crippen MR) is 80.0 cm³/mol. The van der Waals surface area contributed by atoms with E-state index in [-0.39, 0.29) is 6.10 Å². The second-order valence-electron chi connectivity index (χ2n) is 3.97. The number of nitrogens with two attached hydrogens (primary N) is 1. The Kier molecular flexibility index (Phi) is 6.55. The largest absolute Gasteiger partial charge is 0.497 e. The van der Waals surface area contributed by atoms with E-state index in [0.29, 0.717) is 18.1 Å². The number of rotatable bonds is 8. The van der Waals surface area contributed by atoms with Gasteiger partial charge in [-0.2, -0.15) is 0 Å². The molecule has 0 radical (unpaired) electrons. The number of hydrogen-bond acceptors (Lipinski definition) is 5. The highest BCUT2D eigenvalue weighted by Crippen LogP contribution is 2.22. The fourth-order valence-corrected chi connectivity index (χ4v) is 1.81. The van der Waals surface area contributed by atoms with Gasteiger partial charge in [-0.05, 0) is 12.1 Å². The maximum atomic E-state index is 5.70. The van der Waals surface area contributed by atoms with E-state index in [9.17, 15) is 0 Å². The van der Waals surface area contributed by atoms with Crippen molar-refractivity contribution in [1.29, 1.82) is 0 Å². The van der Waals surface area contributed by atoms with Crippen LogP contribution in [-0.2, 0) is 9.47 Å². The van der Waals surface area contributed by atoms with Gasteiger partial charge in [-0.25, -0.2) is 0 Å². The van der Waals surface area contributed by atoms with Crippen LogP contribution >= 0.6 is 12.2 Å². The molecule has 0 saturated carbocycles. The van der Waals surface area contributed by atoms with Crippen LogP contribution in [0.1, 0.15) is 5.56 Å². The molecule has 1 unspecified atom stereocenters. The van der Waals surface area contributed by atoms with Crippen molar-refractivity contribution in [2.24, 2.45) is 5.73 Å². The van der Waals surface area contributed by atoms with Crippen molar-refractivity contribution in [2.75, 3.05) is 39.8 Å². The van der Waals surface area contributed by atoms with Crippen LogP contribution in [0.3, 0.4) is 0 Å². The summed E-state index contributed by atoms with van der Waals surface area (Å²) in [6.07, 6.45) is -0.0459. The molecule has 6 heteroatoms. The van der Waals surface area contributed by atoms with E-state index in [1.54, 1.807) is 21.3 Å². The van der Waals surface area contributed by atoms with Crippen LogP contribution in [0.2, 0.25) is 0 Å². The van der Waals surface area contributed by atoms with Crippen LogP contribution in [0.15, 0.2) is 18.2 Å². The van der Waals surface area contributed by atoms with Crippen LogP contribution in [0.25, 0.3) is 0 Å². The Bertz CT molecular complexity index is 426. The molecule has 0 saturated heterocycles. The third-order valence-electron chi connectivity index (χ3n) is 2.70. The predicted octanol–water partition coefficient (Wildman–Crippen LogP) is 1.40. The Labute approximate surface area is 119 Å². The van der Waals surface area contributed by atoms with Gasteiger partial charge >= 0.3 is 0 Å². The van der Waals surface area contributed by atoms with Gasteiger partial charge in [-0.3, -0.25) is 0 Å². The minimum absolute atomic E-state index is 0.0459. The monoisotopic (exact) mass is 284 g/mol. The zero-order valence-corrected chi connectivity index (χ0v) is 12.3. The summed E-state index contributed by atoms with van der Waals surface area (Å²) >= 11 is 5.03. The fraction of sp³-hybridized carbons (Fsp3) is 0.462. The van der Waals surface area contributed by atoms with Crippen LogP contribution in [0.4, 0.5) is 5.69 Å². The lowest BCUT2D eigenvalue weighted by molar-refractivity contribution is 0.0365. The summed E-state index contributed by atoms with van der Waals surface area (Å²) in [5, 5.41) is 3.25. The molecule has 0 aliphatic heterocycles. The summed E-state index contributed by atoms with van der Waals surface area (Å²) in [6, 6.07) is 5.51. The molecular formula is C13H20N2O3S. The lowest BCUT2D eigenvalue weighted by atomic mass is 10.1. The molecule has 0 aromatic heterocycles. The number of ether oxygens (including phenoxy) is 3. The number of nitrogens with one attached hydrogen (secondary N) is 1. The maximum absolute atomic E-state index is 5.70. The van der Waals surface area contributed by atoms with Crippen LogP contribution in [-0.4, -0.2) is 45.6 Å². The Morgan fingerprint density at radius 3 is 2.63 bits per heavy atom. The van der Waals surface area contributed by atoms with Gasteiger partial charge in [0, 0.05) is 38.1 Å². The van der Waals surface area contributed by atoms with E-state index in [4.69, 9.17) is 32.2 Å². The van der Waals surface area contributed by atoms with E-state index in [0.717, 1.165) is 17.0 Å². The second-order valence-corrected chi connectivity index (χ2v) is 4.41. The third-order valence-corrected chi connectivity index (χ3v) is 2.92. The van der Waals surface area contributed by atoms with E-state index in [1.165, 1.54) is 0 Å². The van der Waals surface area contributed by atoms with E-state index in [1.807, 2.05) is 18.2 Å². The van der Waals surface area contributed by atoms with E-state index < -0.39 is 0 Å². The highest BCUT2D eigenvalue weighted by molar-refractivity contribution is 7.80. The SMILES string of the molecule is COCC(CNc1cc(OC)ccc1C(N)=S)OC. The molecule has 19 heavy (non-hydrogen) atoms. The first-order valence-electron chi connectivity index (χ1n) is 5.85. The Hall–Kier alpha value is -1.37. The summed E-state index contributed by atoms with van der Waals surface area (Å²) < 4.78 is 15.5. The molecular weight excluding hydrogens is 264 g/mol. The minimum atomic E-state index is -0.0459. The smallest absolute Gasteiger partial charge is 0.120 e. The Balaban J connectivity index is 2.82. The van der Waals surface area contributed by atoms with Gasteiger partial charge < -0.3 is 25.3 Å². The van der Waals surface area contributed by atoms with Crippen LogP contribution < -0.4 is 15.8 Å². The molecule has 0 spiro atoms. The molecule has 106 valence electrons. The molecule has 1 rings (SSSR count). The molecule has 1 aromatic carbocycles. The van der Waals surface area contributed by atoms with E-state index in [2.05, 4.69) is 5.32 Å². The summed E-state index contributed by atoms with van der Waals surface area (Å²) in [6.45, 7) is 1.10. The summed E-state index contributed by atoms with van der Waals surface area (Å²) in [4.78, 5) is 0.339. The third kappa shape index (κ3) is 4.66. The zero-order valence-electron chi connectivity index (χ0n) is 11.4. The molecule has 0 amide bonds. The van der Waals surface area contributed by atoms with Crippen LogP contribution in [0, 0.1) is 0 Å². The molecule has 0 bridgehead atoms. The summed E-state index contributed by atoms with van der Waals surface area (Å²) in [7, 11) is 4.89. The highest BCUT2D eigenvalue weighted by Gasteiger charge is 2.10. The number of thiocarbonyl (C=S) groups is 1. The van der Waals surface area contributed by atoms with Crippen molar-refractivity contribution in [3.05, 3.63) is 23.8 Å². The number of methoxy groups -OCH3 is 3. The summed E-state index contributed by atoms with van der Waals surface area (Å²) in [5.41, 5.74) is 7.30. The van der Waals surface area contributed by atoms with Gasteiger partial charge in [0.05, 0.1) is 19.8 Å². The van der Waals surface area contributed by atoms with E-state index >= 15 is 0 Å². The van der Waals surface area contributed by atoms with Crippen molar-refractivity contribution >= 4 is 22.9 Å². The molecule has 3 N–H and O–H groups in total. The van der Waals surface area contributed by atoms with Crippen molar-refractivity contribution in [3.8, 4) is 5.75 Å². The Morgan fingerprint density at radius 1 is 1.37 bits per heavy atom. The van der Waals surface area contributed by atoms with Gasteiger partial charge in [0.15, 0.2) is 0 Å². The zero-order chi connectivity index (χ0) is 14.3. The minimum Gasteiger partial charge on any atom is -0.497 e. The van der Waals surface area contributed by atoms with Crippen LogP contribution in [0.5, 0.6) is 5.75 Å². The van der Waals surface area contributed by atoms with Crippen molar-refractivity contribution < 1.29 is 14.2 Å². The first-order chi connectivity index (χ1) is 9.12. The second kappa shape index (κ2) is 7.93. The van der Waals surface area contributed by atoms with Crippen molar-refractivity contribution in [1.82, 2.24) is 0 Å². The highest BCUT2D eigenvalue weighted by atomic mass is 32.1. The molecule has 5 nitrogen and oxygen atoms in total. The van der Waals surface area contributed by atoms with Gasteiger partial charge in [0.25, 0.3) is 0 Å². The summed E-state index contributed by atoms with van der Waals surface area (Å²) in [5.74, 6) is 0.739. The normalized spacial score (nSPS) is 11.9. The lowest BCUT2D eigenvalue weighted by Gasteiger charge is -2.18. The lowest BCUT2D eigenvalue weighted by Crippen LogP contribution is -2.27. The Morgan fingerprint density at radius 2 is 2.11 bits per heavy atom. The van der Waals surface area contributed by atoms with Gasteiger partial charge in [-0.1, -0.05) is 12.2 Å².